The monoisotopic (exact) mass is 289 g/mol. The second-order valence-corrected chi connectivity index (χ2v) is 5.96. The van der Waals surface area contributed by atoms with Crippen LogP contribution in [0, 0.1) is 0 Å². The van der Waals surface area contributed by atoms with Crippen LogP contribution in [0.5, 0.6) is 0 Å². The summed E-state index contributed by atoms with van der Waals surface area (Å²) in [4.78, 5) is 31.5. The van der Waals surface area contributed by atoms with Crippen LogP contribution in [0.4, 0.5) is 0 Å². The van der Waals surface area contributed by atoms with Crippen molar-refractivity contribution >= 4 is 17.2 Å². The molecule has 5 nitrogen and oxygen atoms in total. The van der Waals surface area contributed by atoms with Crippen LogP contribution in [0.3, 0.4) is 0 Å². The summed E-state index contributed by atoms with van der Waals surface area (Å²) in [5.74, 6) is -0.282. The third-order valence-corrected chi connectivity index (χ3v) is 4.46. The Labute approximate surface area is 120 Å². The molecule has 0 radical (unpaired) electrons. The number of nitrogens with zero attached hydrogens (tertiary/aromatic N) is 1. The minimum atomic E-state index is -0.282. The maximum absolute atomic E-state index is 11.9. The van der Waals surface area contributed by atoms with Gasteiger partial charge in [-0.05, 0) is 31.7 Å². The molecule has 0 saturated heterocycles. The number of thiazole rings is 1. The lowest BCUT2D eigenvalue weighted by atomic mass is 10.0. The molecule has 2 aromatic heterocycles. The molecule has 2 heterocycles. The van der Waals surface area contributed by atoms with Crippen molar-refractivity contribution in [2.75, 3.05) is 0 Å². The van der Waals surface area contributed by atoms with Gasteiger partial charge in [0.15, 0.2) is 0 Å². The third kappa shape index (κ3) is 2.80. The quantitative estimate of drug-likeness (QED) is 0.902. The average Bonchev–Trinajstić information content (AvgIpc) is 2.87. The first-order chi connectivity index (χ1) is 9.72. The van der Waals surface area contributed by atoms with Gasteiger partial charge in [0.25, 0.3) is 5.91 Å². The Balaban J connectivity index is 1.66. The zero-order valence-electron chi connectivity index (χ0n) is 10.9. The van der Waals surface area contributed by atoms with Crippen molar-refractivity contribution in [3.05, 3.63) is 49.8 Å². The molecule has 6 heteroatoms. The van der Waals surface area contributed by atoms with E-state index in [-0.39, 0.29) is 17.2 Å². The fraction of sp³-hybridized carbons (Fsp3) is 0.357. The van der Waals surface area contributed by atoms with Crippen LogP contribution in [0.1, 0.15) is 38.9 Å². The average molecular weight is 289 g/mol. The van der Waals surface area contributed by atoms with Crippen LogP contribution in [0.2, 0.25) is 0 Å². The number of amides is 1. The second-order valence-electron chi connectivity index (χ2n) is 4.80. The van der Waals surface area contributed by atoms with Gasteiger partial charge in [0.05, 0.1) is 12.2 Å². The van der Waals surface area contributed by atoms with Gasteiger partial charge in [-0.1, -0.05) is 6.07 Å². The maximum atomic E-state index is 11.9. The van der Waals surface area contributed by atoms with Crippen molar-refractivity contribution in [1.82, 2.24) is 15.3 Å². The molecule has 0 spiro atoms. The van der Waals surface area contributed by atoms with Gasteiger partial charge in [-0.25, -0.2) is 4.98 Å². The van der Waals surface area contributed by atoms with Crippen LogP contribution in [-0.4, -0.2) is 15.9 Å². The van der Waals surface area contributed by atoms with E-state index in [1.54, 1.807) is 23.5 Å². The Hall–Kier alpha value is -1.95. The minimum absolute atomic E-state index is 0.276. The van der Waals surface area contributed by atoms with Crippen LogP contribution < -0.4 is 10.9 Å². The molecule has 0 fully saturated rings. The standard InChI is InChI=1S/C14H15N3O2S/c18-12-7-3-5-10(16-12)14(19)15-8-13-17-9-4-1-2-6-11(9)20-13/h3,5,7H,1-2,4,6,8H2,(H,15,19)(H,16,18). The van der Waals surface area contributed by atoms with Gasteiger partial charge in [-0.3, -0.25) is 9.59 Å². The lowest BCUT2D eigenvalue weighted by Gasteiger charge is -2.06. The van der Waals surface area contributed by atoms with Gasteiger partial charge in [0, 0.05) is 10.9 Å². The number of hydrogen-bond donors (Lipinski definition) is 2. The first-order valence-electron chi connectivity index (χ1n) is 6.67. The van der Waals surface area contributed by atoms with Gasteiger partial charge >= 0.3 is 0 Å². The Morgan fingerprint density at radius 3 is 3.00 bits per heavy atom. The minimum Gasteiger partial charge on any atom is -0.344 e. The number of carbonyl (C=O) groups is 1. The number of pyridine rings is 1. The molecule has 0 aliphatic heterocycles. The molecule has 0 atom stereocenters. The summed E-state index contributed by atoms with van der Waals surface area (Å²) in [5, 5.41) is 3.72. The summed E-state index contributed by atoms with van der Waals surface area (Å²) in [7, 11) is 0. The number of aromatic nitrogens is 2. The Kier molecular flexibility index (Phi) is 3.64. The number of H-pyrrole nitrogens is 1. The number of rotatable bonds is 3. The lowest BCUT2D eigenvalue weighted by molar-refractivity contribution is 0.0945. The predicted octanol–water partition coefficient (Wildman–Crippen LogP) is 1.64. The molecule has 20 heavy (non-hydrogen) atoms. The Morgan fingerprint density at radius 1 is 1.35 bits per heavy atom. The molecule has 1 aliphatic carbocycles. The highest BCUT2D eigenvalue weighted by Crippen LogP contribution is 2.26. The smallest absolute Gasteiger partial charge is 0.268 e. The molecule has 2 N–H and O–H groups in total. The van der Waals surface area contributed by atoms with Gasteiger partial charge in [0.2, 0.25) is 5.56 Å². The molecule has 2 aromatic rings. The van der Waals surface area contributed by atoms with Gasteiger partial charge in [-0.15, -0.1) is 11.3 Å². The molecular formula is C14H15N3O2S. The predicted molar refractivity (Wildman–Crippen MR) is 77.0 cm³/mol. The first-order valence-corrected chi connectivity index (χ1v) is 7.49. The Bertz CT molecular complexity index is 666. The van der Waals surface area contributed by atoms with E-state index in [4.69, 9.17) is 0 Å². The lowest BCUT2D eigenvalue weighted by Crippen LogP contribution is -2.25. The van der Waals surface area contributed by atoms with E-state index in [0.29, 0.717) is 6.54 Å². The highest BCUT2D eigenvalue weighted by Gasteiger charge is 2.15. The van der Waals surface area contributed by atoms with E-state index in [2.05, 4.69) is 15.3 Å². The van der Waals surface area contributed by atoms with Gasteiger partial charge in [-0.2, -0.15) is 0 Å². The number of fused-ring (bicyclic) bond motifs is 1. The normalized spacial score (nSPS) is 13.8. The van der Waals surface area contributed by atoms with Crippen molar-refractivity contribution in [2.45, 2.75) is 32.2 Å². The van der Waals surface area contributed by atoms with E-state index in [0.717, 1.165) is 17.8 Å². The second kappa shape index (κ2) is 5.58. The molecule has 1 amide bonds. The fourth-order valence-corrected chi connectivity index (χ4v) is 3.41. The van der Waals surface area contributed by atoms with Crippen LogP contribution in [0.15, 0.2) is 23.0 Å². The van der Waals surface area contributed by atoms with Crippen molar-refractivity contribution < 1.29 is 4.79 Å². The summed E-state index contributed by atoms with van der Waals surface area (Å²) in [5.41, 5.74) is 1.19. The number of aromatic amines is 1. The van der Waals surface area contributed by atoms with Crippen LogP contribution >= 0.6 is 11.3 Å². The van der Waals surface area contributed by atoms with Crippen LogP contribution in [0.25, 0.3) is 0 Å². The maximum Gasteiger partial charge on any atom is 0.268 e. The topological polar surface area (TPSA) is 74.8 Å². The summed E-state index contributed by atoms with van der Waals surface area (Å²) in [6.07, 6.45) is 4.58. The Morgan fingerprint density at radius 2 is 2.20 bits per heavy atom. The molecule has 104 valence electrons. The fourth-order valence-electron chi connectivity index (χ4n) is 2.31. The van der Waals surface area contributed by atoms with E-state index in [1.165, 1.54) is 29.5 Å². The van der Waals surface area contributed by atoms with Crippen molar-refractivity contribution in [2.24, 2.45) is 0 Å². The van der Waals surface area contributed by atoms with E-state index < -0.39 is 0 Å². The zero-order valence-corrected chi connectivity index (χ0v) is 11.8. The SMILES string of the molecule is O=C(NCc1nc2c(s1)CCCC2)c1cccc(=O)[nH]1. The van der Waals surface area contributed by atoms with Gasteiger partial charge in [0.1, 0.15) is 10.7 Å². The molecule has 0 saturated carbocycles. The molecule has 3 rings (SSSR count). The summed E-state index contributed by atoms with van der Waals surface area (Å²) >= 11 is 1.68. The summed E-state index contributed by atoms with van der Waals surface area (Å²) in [6.45, 7) is 0.410. The molecule has 0 unspecified atom stereocenters. The number of aryl methyl sites for hydroxylation is 2. The summed E-state index contributed by atoms with van der Waals surface area (Å²) < 4.78 is 0. The number of carbonyl (C=O) groups excluding carboxylic acids is 1. The molecular weight excluding hydrogens is 274 g/mol. The molecule has 1 aliphatic rings. The highest BCUT2D eigenvalue weighted by atomic mass is 32.1. The first kappa shape index (κ1) is 13.1. The zero-order chi connectivity index (χ0) is 13.9. The van der Waals surface area contributed by atoms with E-state index in [1.807, 2.05) is 0 Å². The third-order valence-electron chi connectivity index (χ3n) is 3.30. The number of nitrogens with one attached hydrogen (secondary N) is 2. The van der Waals surface area contributed by atoms with Crippen LogP contribution in [-0.2, 0) is 19.4 Å². The van der Waals surface area contributed by atoms with Gasteiger partial charge < -0.3 is 10.3 Å². The van der Waals surface area contributed by atoms with Crippen molar-refractivity contribution in [1.29, 1.82) is 0 Å². The van der Waals surface area contributed by atoms with Crippen molar-refractivity contribution in [3.8, 4) is 0 Å². The molecule has 0 bridgehead atoms. The van der Waals surface area contributed by atoms with E-state index >= 15 is 0 Å². The number of hydrogen-bond acceptors (Lipinski definition) is 4. The summed E-state index contributed by atoms with van der Waals surface area (Å²) in [6, 6.07) is 4.53. The van der Waals surface area contributed by atoms with E-state index in [9.17, 15) is 9.59 Å². The largest absolute Gasteiger partial charge is 0.344 e. The highest BCUT2D eigenvalue weighted by molar-refractivity contribution is 7.11. The van der Waals surface area contributed by atoms with Crippen molar-refractivity contribution in [3.63, 3.8) is 0 Å². The molecule has 0 aromatic carbocycles.